The lowest BCUT2D eigenvalue weighted by Crippen LogP contribution is -2.55. The Labute approximate surface area is 109 Å². The number of nitrogens with one attached hydrogen (secondary N) is 3. The summed E-state index contributed by atoms with van der Waals surface area (Å²) in [7, 11) is 0. The molecule has 0 aromatic carbocycles. The standard InChI is InChI=1S/C11H16N4O4/c16-10(9-5-19-2-1-13-9)15-8(11(17)18)3-7-4-12-6-14-7/h4,6,8-9,13H,1-3,5H2,(H,12,14)(H,15,16)(H,17,18)/t8-,9?/m0/s1. The normalized spacial score (nSPS) is 20.7. The number of imidazole rings is 1. The zero-order valence-electron chi connectivity index (χ0n) is 10.3. The molecule has 2 heterocycles. The lowest BCUT2D eigenvalue weighted by Gasteiger charge is -2.24. The van der Waals surface area contributed by atoms with Gasteiger partial charge in [0.15, 0.2) is 0 Å². The van der Waals surface area contributed by atoms with E-state index in [9.17, 15) is 9.59 Å². The molecule has 19 heavy (non-hydrogen) atoms. The van der Waals surface area contributed by atoms with E-state index in [0.717, 1.165) is 0 Å². The number of amides is 1. The van der Waals surface area contributed by atoms with Crippen molar-refractivity contribution in [3.05, 3.63) is 18.2 Å². The molecule has 1 aromatic heterocycles. The lowest BCUT2D eigenvalue weighted by molar-refractivity contribution is -0.142. The number of hydrogen-bond acceptors (Lipinski definition) is 5. The van der Waals surface area contributed by atoms with E-state index in [2.05, 4.69) is 20.6 Å². The Bertz CT molecular complexity index is 428. The second-order valence-electron chi connectivity index (χ2n) is 4.26. The van der Waals surface area contributed by atoms with E-state index >= 15 is 0 Å². The van der Waals surface area contributed by atoms with E-state index in [1.165, 1.54) is 12.5 Å². The van der Waals surface area contributed by atoms with Crippen LogP contribution in [-0.2, 0) is 20.7 Å². The third-order valence-electron chi connectivity index (χ3n) is 2.83. The number of carbonyl (C=O) groups is 2. The zero-order chi connectivity index (χ0) is 13.7. The predicted octanol–water partition coefficient (Wildman–Crippen LogP) is -1.49. The van der Waals surface area contributed by atoms with Crippen molar-refractivity contribution in [3.63, 3.8) is 0 Å². The molecule has 0 radical (unpaired) electrons. The molecule has 1 aliphatic rings. The molecule has 2 atom stereocenters. The van der Waals surface area contributed by atoms with Crippen molar-refractivity contribution >= 4 is 11.9 Å². The first-order chi connectivity index (χ1) is 9.16. The molecule has 1 unspecified atom stereocenters. The molecule has 8 nitrogen and oxygen atoms in total. The summed E-state index contributed by atoms with van der Waals surface area (Å²) in [4.78, 5) is 29.7. The Balaban J connectivity index is 1.92. The van der Waals surface area contributed by atoms with Crippen LogP contribution in [0, 0.1) is 0 Å². The molecule has 1 aromatic rings. The van der Waals surface area contributed by atoms with E-state index in [1.54, 1.807) is 0 Å². The lowest BCUT2D eigenvalue weighted by atomic mass is 10.1. The van der Waals surface area contributed by atoms with Crippen molar-refractivity contribution in [1.82, 2.24) is 20.6 Å². The van der Waals surface area contributed by atoms with Crippen LogP contribution in [0.3, 0.4) is 0 Å². The molecule has 1 fully saturated rings. The Morgan fingerprint density at radius 3 is 3.05 bits per heavy atom. The molecule has 0 bridgehead atoms. The first kappa shape index (κ1) is 13.5. The van der Waals surface area contributed by atoms with Gasteiger partial charge in [0.05, 0.1) is 19.5 Å². The molecule has 4 N–H and O–H groups in total. The maximum Gasteiger partial charge on any atom is 0.326 e. The molecular weight excluding hydrogens is 252 g/mol. The van der Waals surface area contributed by atoms with E-state index in [1.807, 2.05) is 0 Å². The Morgan fingerprint density at radius 1 is 1.63 bits per heavy atom. The molecule has 8 heteroatoms. The second-order valence-corrected chi connectivity index (χ2v) is 4.26. The van der Waals surface area contributed by atoms with Gasteiger partial charge in [-0.25, -0.2) is 9.78 Å². The number of hydrogen-bond donors (Lipinski definition) is 4. The largest absolute Gasteiger partial charge is 0.480 e. The highest BCUT2D eigenvalue weighted by Gasteiger charge is 2.27. The van der Waals surface area contributed by atoms with Gasteiger partial charge in [0.25, 0.3) is 0 Å². The average molecular weight is 268 g/mol. The fourth-order valence-corrected chi connectivity index (χ4v) is 1.82. The van der Waals surface area contributed by atoms with E-state index in [0.29, 0.717) is 18.8 Å². The number of carbonyl (C=O) groups excluding carboxylic acids is 1. The van der Waals surface area contributed by atoms with Crippen molar-refractivity contribution in [2.75, 3.05) is 19.8 Å². The van der Waals surface area contributed by atoms with Gasteiger partial charge < -0.3 is 25.5 Å². The smallest absolute Gasteiger partial charge is 0.326 e. The maximum absolute atomic E-state index is 11.9. The summed E-state index contributed by atoms with van der Waals surface area (Å²) < 4.78 is 5.16. The first-order valence-electron chi connectivity index (χ1n) is 5.98. The van der Waals surface area contributed by atoms with Crippen LogP contribution in [0.2, 0.25) is 0 Å². The highest BCUT2D eigenvalue weighted by molar-refractivity contribution is 5.87. The van der Waals surface area contributed by atoms with Gasteiger partial charge in [-0.2, -0.15) is 0 Å². The molecule has 2 rings (SSSR count). The van der Waals surface area contributed by atoms with Crippen molar-refractivity contribution in [2.24, 2.45) is 0 Å². The van der Waals surface area contributed by atoms with Gasteiger partial charge in [0.1, 0.15) is 12.1 Å². The number of morpholine rings is 1. The second kappa shape index (κ2) is 6.30. The first-order valence-corrected chi connectivity index (χ1v) is 5.98. The van der Waals surface area contributed by atoms with Gasteiger partial charge in [-0.05, 0) is 0 Å². The van der Waals surface area contributed by atoms with Crippen LogP contribution >= 0.6 is 0 Å². The van der Waals surface area contributed by atoms with Crippen molar-refractivity contribution < 1.29 is 19.4 Å². The summed E-state index contributed by atoms with van der Waals surface area (Å²) in [5.74, 6) is -1.45. The summed E-state index contributed by atoms with van der Waals surface area (Å²) in [6, 6.07) is -1.49. The van der Waals surface area contributed by atoms with Crippen LogP contribution in [0.1, 0.15) is 5.69 Å². The maximum atomic E-state index is 11.9. The van der Waals surface area contributed by atoms with Crippen LogP contribution in [0.5, 0.6) is 0 Å². The summed E-state index contributed by atoms with van der Waals surface area (Å²) in [6.07, 6.45) is 3.16. The van der Waals surface area contributed by atoms with Crippen molar-refractivity contribution in [3.8, 4) is 0 Å². The van der Waals surface area contributed by atoms with Gasteiger partial charge in [0, 0.05) is 24.9 Å². The minimum absolute atomic E-state index is 0.161. The fraction of sp³-hybridized carbons (Fsp3) is 0.545. The van der Waals surface area contributed by atoms with Gasteiger partial charge in [-0.3, -0.25) is 4.79 Å². The van der Waals surface area contributed by atoms with Gasteiger partial charge in [-0.15, -0.1) is 0 Å². The molecule has 104 valence electrons. The predicted molar refractivity (Wildman–Crippen MR) is 64.5 cm³/mol. The van der Waals surface area contributed by atoms with Crippen LogP contribution in [-0.4, -0.2) is 58.8 Å². The summed E-state index contributed by atoms with van der Waals surface area (Å²) >= 11 is 0. The van der Waals surface area contributed by atoms with Crippen LogP contribution in [0.25, 0.3) is 0 Å². The minimum Gasteiger partial charge on any atom is -0.480 e. The third-order valence-corrected chi connectivity index (χ3v) is 2.83. The Kier molecular flexibility index (Phi) is 4.48. The summed E-state index contributed by atoms with van der Waals surface area (Å²) in [5, 5.41) is 14.6. The highest BCUT2D eigenvalue weighted by atomic mass is 16.5. The molecule has 0 aliphatic carbocycles. The van der Waals surface area contributed by atoms with E-state index in [-0.39, 0.29) is 18.9 Å². The number of H-pyrrole nitrogens is 1. The van der Waals surface area contributed by atoms with Gasteiger partial charge in [-0.1, -0.05) is 0 Å². The molecule has 0 saturated carbocycles. The number of aromatic nitrogens is 2. The Morgan fingerprint density at radius 2 is 2.47 bits per heavy atom. The molecular formula is C11H16N4O4. The quantitative estimate of drug-likeness (QED) is 0.517. The fourth-order valence-electron chi connectivity index (χ4n) is 1.82. The van der Waals surface area contributed by atoms with Crippen LogP contribution < -0.4 is 10.6 Å². The van der Waals surface area contributed by atoms with E-state index < -0.39 is 18.1 Å². The summed E-state index contributed by atoms with van der Waals surface area (Å²) in [6.45, 7) is 1.39. The summed E-state index contributed by atoms with van der Waals surface area (Å²) in [5.41, 5.74) is 0.653. The zero-order valence-corrected chi connectivity index (χ0v) is 10.3. The Hall–Kier alpha value is -1.93. The number of rotatable bonds is 5. The third kappa shape index (κ3) is 3.76. The number of carboxylic acids is 1. The number of aliphatic carboxylic acids is 1. The molecule has 1 saturated heterocycles. The average Bonchev–Trinajstić information content (AvgIpc) is 2.91. The SMILES string of the molecule is O=C(N[C@@H](Cc1cnc[nH]1)C(=O)O)C1COCCN1. The number of nitrogens with zero attached hydrogens (tertiary/aromatic N) is 1. The van der Waals surface area contributed by atoms with Crippen LogP contribution in [0.15, 0.2) is 12.5 Å². The topological polar surface area (TPSA) is 116 Å². The number of aromatic amines is 1. The minimum atomic E-state index is -1.08. The molecule has 1 amide bonds. The molecule has 1 aliphatic heterocycles. The monoisotopic (exact) mass is 268 g/mol. The van der Waals surface area contributed by atoms with Crippen LogP contribution in [0.4, 0.5) is 0 Å². The highest BCUT2D eigenvalue weighted by Crippen LogP contribution is 2.01. The number of ether oxygens (including phenoxy) is 1. The van der Waals surface area contributed by atoms with Gasteiger partial charge >= 0.3 is 5.97 Å². The molecule has 0 spiro atoms. The van der Waals surface area contributed by atoms with E-state index in [4.69, 9.17) is 9.84 Å². The van der Waals surface area contributed by atoms with Crippen molar-refractivity contribution in [1.29, 1.82) is 0 Å². The number of carboxylic acid groups (broad SMARTS) is 1. The van der Waals surface area contributed by atoms with Gasteiger partial charge in [0.2, 0.25) is 5.91 Å². The van der Waals surface area contributed by atoms with Crippen molar-refractivity contribution in [2.45, 2.75) is 18.5 Å².